The first-order chi connectivity index (χ1) is 11.3. The maximum absolute atomic E-state index is 12.4. The van der Waals surface area contributed by atoms with Crippen LogP contribution in [0.1, 0.15) is 37.3 Å². The van der Waals surface area contributed by atoms with E-state index in [2.05, 4.69) is 25.5 Å². The number of aromatic amines is 1. The number of hydrogen-bond donors (Lipinski definition) is 2. The van der Waals surface area contributed by atoms with Crippen LogP contribution >= 0.6 is 0 Å². The van der Waals surface area contributed by atoms with Crippen molar-refractivity contribution in [2.75, 3.05) is 25.0 Å². The van der Waals surface area contributed by atoms with Crippen molar-refractivity contribution in [3.05, 3.63) is 36.4 Å². The molecule has 0 saturated carbocycles. The van der Waals surface area contributed by atoms with Gasteiger partial charge >= 0.3 is 0 Å². The minimum Gasteiger partial charge on any atom is -0.354 e. The summed E-state index contributed by atoms with van der Waals surface area (Å²) in [5.74, 6) is 1.22. The third kappa shape index (κ3) is 4.28. The Morgan fingerprint density at radius 3 is 3.00 bits per heavy atom. The van der Waals surface area contributed by atoms with Crippen LogP contribution in [0.15, 0.2) is 30.7 Å². The molecule has 3 heterocycles. The number of likely N-dealkylation sites (tertiary alicyclic amines) is 1. The minimum atomic E-state index is 0.227. The largest absolute Gasteiger partial charge is 0.354 e. The highest BCUT2D eigenvalue weighted by Crippen LogP contribution is 2.25. The summed E-state index contributed by atoms with van der Waals surface area (Å²) in [6.45, 7) is 2.35. The van der Waals surface area contributed by atoms with Gasteiger partial charge in [0, 0.05) is 56.3 Å². The average molecular weight is 314 g/mol. The lowest BCUT2D eigenvalue weighted by Gasteiger charge is -2.32. The molecule has 2 aromatic heterocycles. The Kier molecular flexibility index (Phi) is 5.18. The van der Waals surface area contributed by atoms with Crippen LogP contribution in [0, 0.1) is 0 Å². The van der Waals surface area contributed by atoms with Gasteiger partial charge in [0.25, 0.3) is 0 Å². The van der Waals surface area contributed by atoms with Gasteiger partial charge in [-0.25, -0.2) is 9.97 Å². The first-order valence-corrected chi connectivity index (χ1v) is 8.11. The summed E-state index contributed by atoms with van der Waals surface area (Å²) in [5, 5.41) is 10.2. The quantitative estimate of drug-likeness (QED) is 0.794. The summed E-state index contributed by atoms with van der Waals surface area (Å²) >= 11 is 0. The Morgan fingerprint density at radius 2 is 2.22 bits per heavy atom. The van der Waals surface area contributed by atoms with Crippen molar-refractivity contribution >= 4 is 11.9 Å². The number of carbonyl (C=O) groups is 1. The Hall–Kier alpha value is -2.44. The molecule has 23 heavy (non-hydrogen) atoms. The van der Waals surface area contributed by atoms with E-state index in [1.54, 1.807) is 24.7 Å². The SMILES string of the molecule is O=C(CCCNc1ncccn1)N1CCC[C@@H](c2ccn[nH]2)C1. The molecule has 1 fully saturated rings. The van der Waals surface area contributed by atoms with E-state index in [0.29, 0.717) is 24.8 Å². The highest BCUT2D eigenvalue weighted by Gasteiger charge is 2.25. The van der Waals surface area contributed by atoms with Gasteiger partial charge in [0.05, 0.1) is 0 Å². The number of piperidine rings is 1. The second-order valence-corrected chi connectivity index (χ2v) is 5.79. The fourth-order valence-electron chi connectivity index (χ4n) is 2.94. The summed E-state index contributed by atoms with van der Waals surface area (Å²) in [7, 11) is 0. The van der Waals surface area contributed by atoms with Crippen LogP contribution in [-0.2, 0) is 4.79 Å². The molecule has 7 heteroatoms. The lowest BCUT2D eigenvalue weighted by Crippen LogP contribution is -2.39. The predicted octanol–water partition coefficient (Wildman–Crippen LogP) is 1.80. The summed E-state index contributed by atoms with van der Waals surface area (Å²) < 4.78 is 0. The van der Waals surface area contributed by atoms with Gasteiger partial charge in [0.1, 0.15) is 0 Å². The van der Waals surface area contributed by atoms with Crippen molar-refractivity contribution in [3.8, 4) is 0 Å². The van der Waals surface area contributed by atoms with Gasteiger partial charge in [-0.05, 0) is 31.4 Å². The maximum Gasteiger partial charge on any atom is 0.222 e. The molecule has 1 atom stereocenters. The number of nitrogens with zero attached hydrogens (tertiary/aromatic N) is 4. The third-order valence-corrected chi connectivity index (χ3v) is 4.15. The number of carbonyl (C=O) groups excluding carboxylic acids is 1. The lowest BCUT2D eigenvalue weighted by atomic mass is 9.94. The zero-order valence-electron chi connectivity index (χ0n) is 13.1. The Balaban J connectivity index is 1.41. The zero-order chi connectivity index (χ0) is 15.9. The Labute approximate surface area is 135 Å². The van der Waals surface area contributed by atoms with E-state index < -0.39 is 0 Å². The van der Waals surface area contributed by atoms with E-state index in [-0.39, 0.29) is 5.91 Å². The van der Waals surface area contributed by atoms with Crippen LogP contribution in [0.25, 0.3) is 0 Å². The molecule has 0 aromatic carbocycles. The van der Waals surface area contributed by atoms with Crippen LogP contribution in [0.5, 0.6) is 0 Å². The zero-order valence-corrected chi connectivity index (χ0v) is 13.1. The fourth-order valence-corrected chi connectivity index (χ4v) is 2.94. The second-order valence-electron chi connectivity index (χ2n) is 5.79. The van der Waals surface area contributed by atoms with Gasteiger partial charge in [-0.1, -0.05) is 0 Å². The van der Waals surface area contributed by atoms with E-state index in [4.69, 9.17) is 0 Å². The molecule has 0 radical (unpaired) electrons. The predicted molar refractivity (Wildman–Crippen MR) is 86.9 cm³/mol. The number of aromatic nitrogens is 4. The molecule has 1 saturated heterocycles. The molecular weight excluding hydrogens is 292 g/mol. The molecule has 0 spiro atoms. The standard InChI is InChI=1S/C16H22N6O/c23-15(5-1-7-17-16-18-8-3-9-19-16)22-11-2-4-13(12-22)14-6-10-20-21-14/h3,6,8-10,13H,1-2,4-5,7,11-12H2,(H,20,21)(H,17,18,19)/t13-/m1/s1. The van der Waals surface area contributed by atoms with Gasteiger partial charge in [-0.2, -0.15) is 5.10 Å². The van der Waals surface area contributed by atoms with E-state index in [1.807, 2.05) is 11.0 Å². The monoisotopic (exact) mass is 314 g/mol. The van der Waals surface area contributed by atoms with Crippen molar-refractivity contribution in [2.45, 2.75) is 31.6 Å². The molecule has 122 valence electrons. The summed E-state index contributed by atoms with van der Waals surface area (Å²) in [6, 6.07) is 3.78. The topological polar surface area (TPSA) is 86.8 Å². The van der Waals surface area contributed by atoms with Crippen molar-refractivity contribution in [3.63, 3.8) is 0 Å². The van der Waals surface area contributed by atoms with Gasteiger partial charge in [-0.3, -0.25) is 9.89 Å². The van der Waals surface area contributed by atoms with Crippen molar-refractivity contribution in [2.24, 2.45) is 0 Å². The van der Waals surface area contributed by atoms with Crippen LogP contribution in [0.3, 0.4) is 0 Å². The minimum absolute atomic E-state index is 0.227. The van der Waals surface area contributed by atoms with Gasteiger partial charge < -0.3 is 10.2 Å². The molecule has 1 amide bonds. The smallest absolute Gasteiger partial charge is 0.222 e. The molecule has 1 aliphatic heterocycles. The van der Waals surface area contributed by atoms with E-state index >= 15 is 0 Å². The molecule has 0 unspecified atom stereocenters. The lowest BCUT2D eigenvalue weighted by molar-refractivity contribution is -0.132. The number of rotatable bonds is 6. The van der Waals surface area contributed by atoms with Gasteiger partial charge in [0.15, 0.2) is 0 Å². The van der Waals surface area contributed by atoms with Gasteiger partial charge in [-0.15, -0.1) is 0 Å². The van der Waals surface area contributed by atoms with Crippen LogP contribution in [-0.4, -0.2) is 50.6 Å². The van der Waals surface area contributed by atoms with Crippen LogP contribution in [0.4, 0.5) is 5.95 Å². The average Bonchev–Trinajstić information content (AvgIpc) is 3.14. The van der Waals surface area contributed by atoms with Crippen molar-refractivity contribution < 1.29 is 4.79 Å². The third-order valence-electron chi connectivity index (χ3n) is 4.15. The summed E-state index contributed by atoms with van der Waals surface area (Å²) in [6.07, 6.45) is 8.66. The number of anilines is 1. The first kappa shape index (κ1) is 15.5. The van der Waals surface area contributed by atoms with Gasteiger partial charge in [0.2, 0.25) is 11.9 Å². The molecule has 0 aliphatic carbocycles. The number of nitrogens with one attached hydrogen (secondary N) is 2. The van der Waals surface area contributed by atoms with Crippen molar-refractivity contribution in [1.82, 2.24) is 25.1 Å². The highest BCUT2D eigenvalue weighted by atomic mass is 16.2. The van der Waals surface area contributed by atoms with E-state index in [1.165, 1.54) is 0 Å². The number of amides is 1. The van der Waals surface area contributed by atoms with Crippen LogP contribution in [0.2, 0.25) is 0 Å². The molecule has 3 rings (SSSR count). The maximum atomic E-state index is 12.4. The highest BCUT2D eigenvalue weighted by molar-refractivity contribution is 5.76. The Bertz CT molecular complexity index is 600. The molecular formula is C16H22N6O. The second kappa shape index (κ2) is 7.71. The molecule has 1 aliphatic rings. The molecule has 2 N–H and O–H groups in total. The van der Waals surface area contributed by atoms with E-state index in [0.717, 1.165) is 38.0 Å². The molecule has 0 bridgehead atoms. The normalized spacial score (nSPS) is 17.9. The molecule has 2 aromatic rings. The molecule has 7 nitrogen and oxygen atoms in total. The van der Waals surface area contributed by atoms with E-state index in [9.17, 15) is 4.79 Å². The number of H-pyrrole nitrogens is 1. The summed E-state index contributed by atoms with van der Waals surface area (Å²) in [5.41, 5.74) is 1.13. The summed E-state index contributed by atoms with van der Waals surface area (Å²) in [4.78, 5) is 22.5. The Morgan fingerprint density at radius 1 is 1.35 bits per heavy atom. The van der Waals surface area contributed by atoms with Crippen molar-refractivity contribution in [1.29, 1.82) is 0 Å². The fraction of sp³-hybridized carbons (Fsp3) is 0.500. The number of hydrogen-bond acceptors (Lipinski definition) is 5. The first-order valence-electron chi connectivity index (χ1n) is 8.11. The van der Waals surface area contributed by atoms with Crippen LogP contribution < -0.4 is 5.32 Å².